The van der Waals surface area contributed by atoms with Gasteiger partial charge in [0.15, 0.2) is 0 Å². The Morgan fingerprint density at radius 3 is 2.78 bits per heavy atom. The summed E-state index contributed by atoms with van der Waals surface area (Å²) in [6, 6.07) is 0.180. The van der Waals surface area contributed by atoms with Crippen LogP contribution >= 0.6 is 0 Å². The summed E-state index contributed by atoms with van der Waals surface area (Å²) in [6.45, 7) is 6.22. The molecule has 1 aromatic rings. The van der Waals surface area contributed by atoms with Gasteiger partial charge in [-0.1, -0.05) is 6.92 Å². The maximum Gasteiger partial charge on any atom is 0.115 e. The lowest BCUT2D eigenvalue weighted by molar-refractivity contribution is -0.0898. The number of ether oxygens (including phenoxy) is 1. The van der Waals surface area contributed by atoms with Gasteiger partial charge in [-0.2, -0.15) is 0 Å². The van der Waals surface area contributed by atoms with Gasteiger partial charge in [-0.15, -0.1) is 0 Å². The topological polar surface area (TPSA) is 47.0 Å². The van der Waals surface area contributed by atoms with Crippen LogP contribution in [0.4, 0.5) is 0 Å². The molecular weight excluding hydrogens is 226 g/mol. The normalized spacial score (nSPS) is 25.9. The molecule has 0 saturated carbocycles. The fourth-order valence-corrected chi connectivity index (χ4v) is 2.62. The number of hydrogen-bond acceptors (Lipinski definition) is 4. The highest BCUT2D eigenvalue weighted by atomic mass is 16.5. The highest BCUT2D eigenvalue weighted by molar-refractivity contribution is 5.15. The van der Waals surface area contributed by atoms with Crippen LogP contribution in [0.5, 0.6) is 0 Å². The average Bonchev–Trinajstić information content (AvgIpc) is 2.41. The van der Waals surface area contributed by atoms with E-state index in [1.807, 2.05) is 12.4 Å². The molecule has 0 bridgehead atoms. The highest BCUT2D eigenvalue weighted by Gasteiger charge is 2.37. The van der Waals surface area contributed by atoms with E-state index in [9.17, 15) is 0 Å². The fourth-order valence-electron chi connectivity index (χ4n) is 2.62. The van der Waals surface area contributed by atoms with Crippen molar-refractivity contribution in [3.63, 3.8) is 0 Å². The second-order valence-electron chi connectivity index (χ2n) is 5.18. The van der Waals surface area contributed by atoms with Crippen LogP contribution in [0.1, 0.15) is 51.1 Å². The lowest BCUT2D eigenvalue weighted by Crippen LogP contribution is -2.46. The molecular formula is C14H23N3O. The fraction of sp³-hybridized carbons (Fsp3) is 0.714. The zero-order valence-corrected chi connectivity index (χ0v) is 11.4. The summed E-state index contributed by atoms with van der Waals surface area (Å²) in [7, 11) is 0. The first kappa shape index (κ1) is 13.4. The highest BCUT2D eigenvalue weighted by Crippen LogP contribution is 2.36. The van der Waals surface area contributed by atoms with E-state index in [0.717, 1.165) is 31.6 Å². The first-order valence-corrected chi connectivity index (χ1v) is 6.88. The molecule has 0 spiro atoms. The molecule has 18 heavy (non-hydrogen) atoms. The van der Waals surface area contributed by atoms with Gasteiger partial charge in [0, 0.05) is 24.6 Å². The molecule has 1 saturated heterocycles. The van der Waals surface area contributed by atoms with Gasteiger partial charge >= 0.3 is 0 Å². The summed E-state index contributed by atoms with van der Waals surface area (Å²) in [5, 5.41) is 3.59. The SMILES string of the molecule is CCCNC(c1cncnc1)C1(C)CCCCO1. The molecule has 0 amide bonds. The first-order valence-electron chi connectivity index (χ1n) is 6.88. The van der Waals surface area contributed by atoms with Crippen LogP contribution in [-0.2, 0) is 4.74 Å². The summed E-state index contributed by atoms with van der Waals surface area (Å²) >= 11 is 0. The Kier molecular flexibility index (Phi) is 4.66. The molecule has 1 N–H and O–H groups in total. The molecule has 2 unspecified atom stereocenters. The largest absolute Gasteiger partial charge is 0.373 e. The quantitative estimate of drug-likeness (QED) is 0.871. The van der Waals surface area contributed by atoms with Crippen LogP contribution in [0.3, 0.4) is 0 Å². The average molecular weight is 249 g/mol. The zero-order valence-electron chi connectivity index (χ0n) is 11.4. The molecule has 4 heteroatoms. The molecule has 1 aliphatic heterocycles. The summed E-state index contributed by atoms with van der Waals surface area (Å²) in [4.78, 5) is 8.27. The van der Waals surface area contributed by atoms with Gasteiger partial charge in [0.2, 0.25) is 0 Å². The molecule has 0 aromatic carbocycles. The monoisotopic (exact) mass is 249 g/mol. The van der Waals surface area contributed by atoms with Crippen LogP contribution < -0.4 is 5.32 Å². The third-order valence-electron chi connectivity index (χ3n) is 3.62. The second kappa shape index (κ2) is 6.25. The van der Waals surface area contributed by atoms with Crippen molar-refractivity contribution in [1.82, 2.24) is 15.3 Å². The Bertz CT molecular complexity index is 349. The number of nitrogens with zero attached hydrogens (tertiary/aromatic N) is 2. The van der Waals surface area contributed by atoms with Crippen LogP contribution in [-0.4, -0.2) is 28.7 Å². The molecule has 100 valence electrons. The molecule has 2 atom stereocenters. The Hall–Kier alpha value is -1.00. The van der Waals surface area contributed by atoms with E-state index in [1.54, 1.807) is 6.33 Å². The first-order chi connectivity index (χ1) is 8.76. The molecule has 1 aliphatic rings. The number of nitrogens with one attached hydrogen (secondary N) is 1. The third kappa shape index (κ3) is 3.06. The van der Waals surface area contributed by atoms with Gasteiger partial charge in [0.25, 0.3) is 0 Å². The number of rotatable bonds is 5. The van der Waals surface area contributed by atoms with Crippen molar-refractivity contribution in [2.45, 2.75) is 51.2 Å². The Labute approximate surface area is 109 Å². The van der Waals surface area contributed by atoms with Crippen molar-refractivity contribution < 1.29 is 4.74 Å². The van der Waals surface area contributed by atoms with Crippen molar-refractivity contribution in [2.75, 3.05) is 13.2 Å². The van der Waals surface area contributed by atoms with Gasteiger partial charge in [-0.05, 0) is 39.2 Å². The number of aromatic nitrogens is 2. The van der Waals surface area contributed by atoms with Crippen LogP contribution in [0.25, 0.3) is 0 Å². The second-order valence-corrected chi connectivity index (χ2v) is 5.18. The molecule has 2 rings (SSSR count). The lowest BCUT2D eigenvalue weighted by atomic mass is 9.85. The van der Waals surface area contributed by atoms with E-state index in [1.165, 1.54) is 12.8 Å². The lowest BCUT2D eigenvalue weighted by Gasteiger charge is -2.41. The number of hydrogen-bond donors (Lipinski definition) is 1. The summed E-state index contributed by atoms with van der Waals surface area (Å²) in [6.07, 6.45) is 9.96. The molecule has 2 heterocycles. The van der Waals surface area contributed by atoms with Crippen molar-refractivity contribution in [3.8, 4) is 0 Å². The minimum atomic E-state index is -0.141. The molecule has 0 aliphatic carbocycles. The molecule has 0 radical (unpaired) electrons. The van der Waals surface area contributed by atoms with Crippen molar-refractivity contribution >= 4 is 0 Å². The standard InChI is InChI=1S/C14H23N3O/c1-3-7-17-13(12-9-15-11-16-10-12)14(2)6-4-5-8-18-14/h9-11,13,17H,3-8H2,1-2H3. The van der Waals surface area contributed by atoms with Gasteiger partial charge < -0.3 is 10.1 Å². The van der Waals surface area contributed by atoms with Crippen LogP contribution in [0.2, 0.25) is 0 Å². The van der Waals surface area contributed by atoms with E-state index < -0.39 is 0 Å². The van der Waals surface area contributed by atoms with Crippen LogP contribution in [0, 0.1) is 0 Å². The summed E-state index contributed by atoms with van der Waals surface area (Å²) in [5.41, 5.74) is 0.980. The predicted molar refractivity (Wildman–Crippen MR) is 71.3 cm³/mol. The predicted octanol–water partition coefficient (Wildman–Crippen LogP) is 2.48. The Morgan fingerprint density at radius 1 is 1.39 bits per heavy atom. The van der Waals surface area contributed by atoms with Crippen molar-refractivity contribution in [3.05, 3.63) is 24.3 Å². The molecule has 1 aromatic heterocycles. The minimum Gasteiger partial charge on any atom is -0.373 e. The maximum atomic E-state index is 6.06. The van der Waals surface area contributed by atoms with E-state index in [2.05, 4.69) is 29.1 Å². The van der Waals surface area contributed by atoms with Gasteiger partial charge in [0.1, 0.15) is 6.33 Å². The van der Waals surface area contributed by atoms with E-state index in [4.69, 9.17) is 4.74 Å². The molecule has 4 nitrogen and oxygen atoms in total. The van der Waals surface area contributed by atoms with E-state index in [0.29, 0.717) is 0 Å². The smallest absolute Gasteiger partial charge is 0.115 e. The van der Waals surface area contributed by atoms with Crippen molar-refractivity contribution in [1.29, 1.82) is 0 Å². The minimum absolute atomic E-state index is 0.141. The van der Waals surface area contributed by atoms with Gasteiger partial charge in [-0.25, -0.2) is 9.97 Å². The van der Waals surface area contributed by atoms with Gasteiger partial charge in [0.05, 0.1) is 11.6 Å². The Morgan fingerprint density at radius 2 is 2.17 bits per heavy atom. The van der Waals surface area contributed by atoms with Crippen LogP contribution in [0.15, 0.2) is 18.7 Å². The maximum absolute atomic E-state index is 6.06. The van der Waals surface area contributed by atoms with Gasteiger partial charge in [-0.3, -0.25) is 0 Å². The Balaban J connectivity index is 2.18. The van der Waals surface area contributed by atoms with Crippen molar-refractivity contribution in [2.24, 2.45) is 0 Å². The van der Waals surface area contributed by atoms with E-state index in [-0.39, 0.29) is 11.6 Å². The zero-order chi connectivity index (χ0) is 12.8. The van der Waals surface area contributed by atoms with E-state index >= 15 is 0 Å². The summed E-state index contributed by atoms with van der Waals surface area (Å²) in [5.74, 6) is 0. The third-order valence-corrected chi connectivity index (χ3v) is 3.62. The summed E-state index contributed by atoms with van der Waals surface area (Å²) < 4.78 is 6.06. The molecule has 1 fully saturated rings.